The summed E-state index contributed by atoms with van der Waals surface area (Å²) in [6.07, 6.45) is 4.58. The molecule has 0 amide bonds. The molecule has 0 aromatic carbocycles. The smallest absolute Gasteiger partial charge is 0.317 e. The van der Waals surface area contributed by atoms with Gasteiger partial charge in [0.2, 0.25) is 0 Å². The molecule has 2 unspecified atom stereocenters. The Kier molecular flexibility index (Phi) is 4.95. The first-order valence-electron chi connectivity index (χ1n) is 6.37. The van der Waals surface area contributed by atoms with E-state index in [1.807, 2.05) is 0 Å². The Bertz CT molecular complexity index is 260. The Hall–Kier alpha value is -0.610. The number of aliphatic carboxylic acids is 1. The number of carboxylic acids is 1. The molecule has 0 bridgehead atoms. The van der Waals surface area contributed by atoms with E-state index < -0.39 is 5.97 Å². The van der Waals surface area contributed by atoms with E-state index in [4.69, 9.17) is 9.84 Å². The average Bonchev–Trinajstić information content (AvgIpc) is 2.24. The second kappa shape index (κ2) is 5.83. The Balaban J connectivity index is 2.83. The first kappa shape index (κ1) is 14.5. The van der Waals surface area contributed by atoms with Crippen molar-refractivity contribution in [2.75, 3.05) is 13.7 Å². The molecule has 1 rings (SSSR count). The summed E-state index contributed by atoms with van der Waals surface area (Å²) in [6.45, 7) is 6.29. The third-order valence-corrected chi connectivity index (χ3v) is 3.54. The molecule has 0 heterocycles. The minimum atomic E-state index is -0.764. The van der Waals surface area contributed by atoms with E-state index in [2.05, 4.69) is 25.7 Å². The lowest BCUT2D eigenvalue weighted by molar-refractivity contribution is -0.143. The Morgan fingerprint density at radius 2 is 1.94 bits per heavy atom. The quantitative estimate of drug-likeness (QED) is 0.821. The first-order valence-corrected chi connectivity index (χ1v) is 6.37. The van der Waals surface area contributed by atoms with E-state index in [9.17, 15) is 4.79 Å². The summed E-state index contributed by atoms with van der Waals surface area (Å²) in [7, 11) is 1.73. The number of hydrogen-bond donors (Lipinski definition) is 1. The second-order valence-electron chi connectivity index (χ2n) is 5.82. The zero-order valence-electron chi connectivity index (χ0n) is 11.4. The third kappa shape index (κ3) is 3.96. The lowest BCUT2D eigenvalue weighted by Gasteiger charge is -2.45. The Labute approximate surface area is 104 Å². The van der Waals surface area contributed by atoms with Crippen LogP contribution in [-0.4, -0.2) is 47.3 Å². The molecular formula is C13H25NO3. The van der Waals surface area contributed by atoms with Crippen LogP contribution >= 0.6 is 0 Å². The van der Waals surface area contributed by atoms with Gasteiger partial charge in [0.25, 0.3) is 0 Å². The summed E-state index contributed by atoms with van der Waals surface area (Å²) in [5.41, 5.74) is -0.142. The molecule has 1 fully saturated rings. The maximum atomic E-state index is 11.0. The number of hydrogen-bond acceptors (Lipinski definition) is 3. The number of rotatable bonds is 4. The van der Waals surface area contributed by atoms with Crippen molar-refractivity contribution in [3.05, 3.63) is 0 Å². The molecule has 0 aliphatic heterocycles. The highest BCUT2D eigenvalue weighted by Gasteiger charge is 2.36. The molecule has 4 heteroatoms. The molecule has 1 saturated carbocycles. The van der Waals surface area contributed by atoms with Crippen molar-refractivity contribution in [1.82, 2.24) is 4.90 Å². The minimum Gasteiger partial charge on any atom is -0.480 e. The summed E-state index contributed by atoms with van der Waals surface area (Å²) in [6, 6.07) is 0.227. The third-order valence-electron chi connectivity index (χ3n) is 3.54. The van der Waals surface area contributed by atoms with E-state index in [0.717, 1.165) is 19.3 Å². The van der Waals surface area contributed by atoms with E-state index in [1.54, 1.807) is 7.11 Å². The monoisotopic (exact) mass is 243 g/mol. The van der Waals surface area contributed by atoms with Crippen LogP contribution in [0.25, 0.3) is 0 Å². The lowest BCUT2D eigenvalue weighted by Crippen LogP contribution is -2.56. The standard InChI is InChI=1S/C13H25NO3/c1-13(2,3)14(9-12(15)16)10-7-5-6-8-11(10)17-4/h10-11H,5-9H2,1-4H3,(H,15,16). The lowest BCUT2D eigenvalue weighted by atomic mass is 9.88. The van der Waals surface area contributed by atoms with E-state index in [1.165, 1.54) is 6.42 Å². The topological polar surface area (TPSA) is 49.8 Å². The molecule has 0 aromatic rings. The number of methoxy groups -OCH3 is 1. The zero-order valence-corrected chi connectivity index (χ0v) is 11.4. The van der Waals surface area contributed by atoms with Gasteiger partial charge in [0.15, 0.2) is 0 Å². The van der Waals surface area contributed by atoms with Gasteiger partial charge in [0.1, 0.15) is 0 Å². The maximum Gasteiger partial charge on any atom is 0.317 e. The minimum absolute atomic E-state index is 0.0913. The highest BCUT2D eigenvalue weighted by molar-refractivity contribution is 5.69. The molecule has 0 spiro atoms. The fraction of sp³-hybridized carbons (Fsp3) is 0.923. The number of carboxylic acid groups (broad SMARTS) is 1. The molecule has 100 valence electrons. The van der Waals surface area contributed by atoms with Gasteiger partial charge in [-0.3, -0.25) is 9.69 Å². The van der Waals surface area contributed by atoms with Crippen LogP contribution in [-0.2, 0) is 9.53 Å². The Morgan fingerprint density at radius 1 is 1.35 bits per heavy atom. The summed E-state index contributed by atoms with van der Waals surface area (Å²) in [5, 5.41) is 9.05. The van der Waals surface area contributed by atoms with E-state index >= 15 is 0 Å². The molecular weight excluding hydrogens is 218 g/mol. The molecule has 1 N–H and O–H groups in total. The van der Waals surface area contributed by atoms with E-state index in [-0.39, 0.29) is 24.2 Å². The van der Waals surface area contributed by atoms with Crippen LogP contribution in [0.1, 0.15) is 46.5 Å². The molecule has 1 aliphatic rings. The summed E-state index contributed by atoms with van der Waals surface area (Å²) in [5.74, 6) is -0.764. The van der Waals surface area contributed by atoms with Crippen LogP contribution in [0.3, 0.4) is 0 Å². The molecule has 0 saturated heterocycles. The number of ether oxygens (including phenoxy) is 1. The first-order chi connectivity index (χ1) is 7.86. The number of carbonyl (C=O) groups is 1. The highest BCUT2D eigenvalue weighted by atomic mass is 16.5. The zero-order chi connectivity index (χ0) is 13.1. The van der Waals surface area contributed by atoms with Gasteiger partial charge in [-0.25, -0.2) is 0 Å². The maximum absolute atomic E-state index is 11.0. The molecule has 4 nitrogen and oxygen atoms in total. The van der Waals surface area contributed by atoms with Gasteiger partial charge < -0.3 is 9.84 Å². The Morgan fingerprint density at radius 3 is 2.41 bits per heavy atom. The SMILES string of the molecule is COC1CCCCC1N(CC(=O)O)C(C)(C)C. The van der Waals surface area contributed by atoms with Gasteiger partial charge in [-0.1, -0.05) is 12.8 Å². The average molecular weight is 243 g/mol. The van der Waals surface area contributed by atoms with Crippen molar-refractivity contribution >= 4 is 5.97 Å². The summed E-state index contributed by atoms with van der Waals surface area (Å²) >= 11 is 0. The molecule has 1 aliphatic carbocycles. The number of nitrogens with zero attached hydrogens (tertiary/aromatic N) is 1. The van der Waals surface area contributed by atoms with E-state index in [0.29, 0.717) is 0 Å². The van der Waals surface area contributed by atoms with Gasteiger partial charge in [-0.2, -0.15) is 0 Å². The van der Waals surface area contributed by atoms with Crippen LogP contribution in [0.2, 0.25) is 0 Å². The molecule has 0 radical (unpaired) electrons. The fourth-order valence-corrected chi connectivity index (χ4v) is 2.71. The predicted octanol–water partition coefficient (Wildman–Crippen LogP) is 2.13. The second-order valence-corrected chi connectivity index (χ2v) is 5.82. The van der Waals surface area contributed by atoms with Crippen LogP contribution in [0, 0.1) is 0 Å². The van der Waals surface area contributed by atoms with Crippen molar-refractivity contribution in [2.45, 2.75) is 64.1 Å². The summed E-state index contributed by atoms with van der Waals surface area (Å²) < 4.78 is 5.53. The molecule has 0 aromatic heterocycles. The predicted molar refractivity (Wildman–Crippen MR) is 67.1 cm³/mol. The normalized spacial score (nSPS) is 26.2. The van der Waals surface area contributed by atoms with Gasteiger partial charge in [-0.15, -0.1) is 0 Å². The van der Waals surface area contributed by atoms with Crippen LogP contribution in [0.4, 0.5) is 0 Å². The van der Waals surface area contributed by atoms with Crippen molar-refractivity contribution < 1.29 is 14.6 Å². The van der Waals surface area contributed by atoms with Crippen molar-refractivity contribution in [3.63, 3.8) is 0 Å². The van der Waals surface area contributed by atoms with Crippen LogP contribution in [0.5, 0.6) is 0 Å². The van der Waals surface area contributed by atoms with Gasteiger partial charge in [-0.05, 0) is 33.6 Å². The van der Waals surface area contributed by atoms with Crippen molar-refractivity contribution in [1.29, 1.82) is 0 Å². The molecule has 17 heavy (non-hydrogen) atoms. The fourth-order valence-electron chi connectivity index (χ4n) is 2.71. The van der Waals surface area contributed by atoms with Crippen molar-refractivity contribution in [2.24, 2.45) is 0 Å². The van der Waals surface area contributed by atoms with Crippen LogP contribution in [0.15, 0.2) is 0 Å². The van der Waals surface area contributed by atoms with Crippen LogP contribution < -0.4 is 0 Å². The van der Waals surface area contributed by atoms with Gasteiger partial charge in [0, 0.05) is 18.7 Å². The highest BCUT2D eigenvalue weighted by Crippen LogP contribution is 2.29. The van der Waals surface area contributed by atoms with Crippen molar-refractivity contribution in [3.8, 4) is 0 Å². The van der Waals surface area contributed by atoms with Gasteiger partial charge >= 0.3 is 5.97 Å². The summed E-state index contributed by atoms with van der Waals surface area (Å²) in [4.78, 5) is 13.1. The van der Waals surface area contributed by atoms with Gasteiger partial charge in [0.05, 0.1) is 12.6 Å². The largest absolute Gasteiger partial charge is 0.480 e. The molecule has 2 atom stereocenters.